The largest absolute Gasteiger partial charge is 0.573 e. The third-order valence-corrected chi connectivity index (χ3v) is 4.01. The van der Waals surface area contributed by atoms with Crippen LogP contribution in [0.1, 0.15) is 23.2 Å². The van der Waals surface area contributed by atoms with Crippen LogP contribution in [0.15, 0.2) is 42.5 Å². The van der Waals surface area contributed by atoms with Gasteiger partial charge in [0.15, 0.2) is 0 Å². The number of hydrogen-bond donors (Lipinski definition) is 3. The topological polar surface area (TPSA) is 79.0 Å². The number of anilines is 2. The van der Waals surface area contributed by atoms with E-state index in [0.717, 1.165) is 12.8 Å². The molecule has 6 nitrogen and oxygen atoms in total. The molecule has 0 bridgehead atoms. The van der Waals surface area contributed by atoms with Gasteiger partial charge in [0.25, 0.3) is 5.91 Å². The van der Waals surface area contributed by atoms with Crippen molar-refractivity contribution in [1.82, 2.24) is 15.3 Å². The maximum Gasteiger partial charge on any atom is 0.573 e. The van der Waals surface area contributed by atoms with Crippen LogP contribution in [0, 0.1) is 0 Å². The zero-order valence-corrected chi connectivity index (χ0v) is 13.9. The van der Waals surface area contributed by atoms with Gasteiger partial charge >= 0.3 is 6.36 Å². The Labute approximate surface area is 151 Å². The fourth-order valence-corrected chi connectivity index (χ4v) is 2.58. The van der Waals surface area contributed by atoms with E-state index in [-0.39, 0.29) is 17.7 Å². The van der Waals surface area contributed by atoms with Crippen LogP contribution in [-0.4, -0.2) is 28.3 Å². The van der Waals surface area contributed by atoms with Gasteiger partial charge in [0, 0.05) is 17.3 Å². The number of hydrogen-bond acceptors (Lipinski definition) is 4. The molecule has 1 fully saturated rings. The number of alkyl halides is 3. The summed E-state index contributed by atoms with van der Waals surface area (Å²) < 4.78 is 40.4. The van der Waals surface area contributed by atoms with E-state index in [1.54, 1.807) is 18.2 Å². The SMILES string of the molecule is O=C(NC1CC1)c1ccc2nc(Nc3ccc(OC(F)(F)F)cc3)[nH]c2c1. The number of rotatable bonds is 5. The minimum atomic E-state index is -4.73. The van der Waals surface area contributed by atoms with E-state index in [9.17, 15) is 18.0 Å². The molecule has 0 spiro atoms. The Hall–Kier alpha value is -3.23. The van der Waals surface area contributed by atoms with Gasteiger partial charge in [-0.15, -0.1) is 13.2 Å². The standard InChI is InChI=1S/C18H15F3N4O2/c19-18(20,21)27-13-6-4-12(5-7-13)23-17-24-14-8-1-10(9-15(14)25-17)16(26)22-11-2-3-11/h1,4-9,11H,2-3H2,(H,22,26)(H2,23,24,25). The number of nitrogens with one attached hydrogen (secondary N) is 3. The molecule has 2 aromatic carbocycles. The first kappa shape index (κ1) is 17.2. The summed E-state index contributed by atoms with van der Waals surface area (Å²) in [5.74, 6) is -0.0121. The Morgan fingerprint density at radius 3 is 2.56 bits per heavy atom. The fraction of sp³-hybridized carbons (Fsp3) is 0.222. The summed E-state index contributed by atoms with van der Waals surface area (Å²) in [6, 6.07) is 10.7. The van der Waals surface area contributed by atoms with E-state index in [2.05, 4.69) is 25.3 Å². The number of fused-ring (bicyclic) bond motifs is 1. The number of amides is 1. The van der Waals surface area contributed by atoms with Crippen LogP contribution >= 0.6 is 0 Å². The van der Waals surface area contributed by atoms with Gasteiger partial charge in [0.05, 0.1) is 11.0 Å². The molecule has 1 aliphatic carbocycles. The number of carbonyl (C=O) groups is 1. The number of carbonyl (C=O) groups excluding carboxylic acids is 1. The van der Waals surface area contributed by atoms with Crippen LogP contribution in [-0.2, 0) is 0 Å². The molecule has 3 aromatic rings. The normalized spacial score (nSPS) is 14.2. The van der Waals surface area contributed by atoms with Gasteiger partial charge in [0.2, 0.25) is 5.95 Å². The molecule has 0 unspecified atom stereocenters. The summed E-state index contributed by atoms with van der Waals surface area (Å²) in [5.41, 5.74) is 2.42. The van der Waals surface area contributed by atoms with Crippen molar-refractivity contribution < 1.29 is 22.7 Å². The third kappa shape index (κ3) is 4.30. The van der Waals surface area contributed by atoms with E-state index in [4.69, 9.17) is 0 Å². The van der Waals surface area contributed by atoms with Crippen molar-refractivity contribution in [2.24, 2.45) is 0 Å². The quantitative estimate of drug-likeness (QED) is 0.627. The molecule has 4 rings (SSSR count). The molecule has 1 amide bonds. The highest BCUT2D eigenvalue weighted by Gasteiger charge is 2.31. The Bertz CT molecular complexity index is 978. The Morgan fingerprint density at radius 2 is 1.89 bits per heavy atom. The molecule has 27 heavy (non-hydrogen) atoms. The summed E-state index contributed by atoms with van der Waals surface area (Å²) in [4.78, 5) is 19.5. The van der Waals surface area contributed by atoms with Crippen molar-refractivity contribution in [3.8, 4) is 5.75 Å². The van der Waals surface area contributed by atoms with Gasteiger partial charge in [-0.1, -0.05) is 0 Å². The summed E-state index contributed by atoms with van der Waals surface area (Å²) in [6.45, 7) is 0. The van der Waals surface area contributed by atoms with Crippen molar-refractivity contribution in [2.45, 2.75) is 25.2 Å². The number of aromatic amines is 1. The van der Waals surface area contributed by atoms with Crippen molar-refractivity contribution in [1.29, 1.82) is 0 Å². The second-order valence-electron chi connectivity index (χ2n) is 6.26. The van der Waals surface area contributed by atoms with E-state index in [1.807, 2.05) is 0 Å². The van der Waals surface area contributed by atoms with Gasteiger partial charge in [-0.3, -0.25) is 4.79 Å². The van der Waals surface area contributed by atoms with Crippen LogP contribution in [0.5, 0.6) is 5.75 Å². The average Bonchev–Trinajstić information content (AvgIpc) is 3.31. The molecular formula is C18H15F3N4O2. The number of imidazole rings is 1. The summed E-state index contributed by atoms with van der Waals surface area (Å²) >= 11 is 0. The molecule has 0 radical (unpaired) electrons. The van der Waals surface area contributed by atoms with Gasteiger partial charge in [-0.05, 0) is 55.3 Å². The number of halogens is 3. The van der Waals surface area contributed by atoms with Crippen molar-refractivity contribution in [2.75, 3.05) is 5.32 Å². The lowest BCUT2D eigenvalue weighted by molar-refractivity contribution is -0.274. The highest BCUT2D eigenvalue weighted by Crippen LogP contribution is 2.26. The van der Waals surface area contributed by atoms with E-state index >= 15 is 0 Å². The molecule has 0 atom stereocenters. The van der Waals surface area contributed by atoms with Crippen LogP contribution in [0.25, 0.3) is 11.0 Å². The zero-order valence-electron chi connectivity index (χ0n) is 13.9. The highest BCUT2D eigenvalue weighted by atomic mass is 19.4. The molecule has 3 N–H and O–H groups in total. The van der Waals surface area contributed by atoms with Crippen LogP contribution in [0.2, 0.25) is 0 Å². The van der Waals surface area contributed by atoms with Gasteiger partial charge < -0.3 is 20.4 Å². The first-order valence-electron chi connectivity index (χ1n) is 8.29. The molecule has 140 valence electrons. The second kappa shape index (κ2) is 6.49. The summed E-state index contributed by atoms with van der Waals surface area (Å²) in [5, 5.41) is 5.89. The Morgan fingerprint density at radius 1 is 1.15 bits per heavy atom. The van der Waals surface area contributed by atoms with Gasteiger partial charge in [-0.2, -0.15) is 0 Å². The summed E-state index contributed by atoms with van der Waals surface area (Å²) in [7, 11) is 0. The lowest BCUT2D eigenvalue weighted by Gasteiger charge is -2.09. The van der Waals surface area contributed by atoms with Gasteiger partial charge in [-0.25, -0.2) is 4.98 Å². The Balaban J connectivity index is 1.48. The van der Waals surface area contributed by atoms with Crippen LogP contribution in [0.4, 0.5) is 24.8 Å². The molecule has 0 aliphatic heterocycles. The minimum absolute atomic E-state index is 0.122. The number of benzene rings is 2. The number of ether oxygens (including phenoxy) is 1. The van der Waals surface area contributed by atoms with E-state index in [0.29, 0.717) is 28.2 Å². The van der Waals surface area contributed by atoms with Crippen molar-refractivity contribution in [3.05, 3.63) is 48.0 Å². The molecule has 1 aliphatic rings. The number of H-pyrrole nitrogens is 1. The second-order valence-corrected chi connectivity index (χ2v) is 6.26. The highest BCUT2D eigenvalue weighted by molar-refractivity contribution is 5.97. The Kier molecular flexibility index (Phi) is 4.14. The first-order valence-corrected chi connectivity index (χ1v) is 8.29. The average molecular weight is 376 g/mol. The van der Waals surface area contributed by atoms with E-state index < -0.39 is 6.36 Å². The fourth-order valence-electron chi connectivity index (χ4n) is 2.58. The third-order valence-electron chi connectivity index (χ3n) is 4.01. The van der Waals surface area contributed by atoms with E-state index in [1.165, 1.54) is 24.3 Å². The smallest absolute Gasteiger partial charge is 0.406 e. The maximum atomic E-state index is 12.2. The monoisotopic (exact) mass is 376 g/mol. The lowest BCUT2D eigenvalue weighted by Crippen LogP contribution is -2.25. The molecular weight excluding hydrogens is 361 g/mol. The number of aromatic nitrogens is 2. The minimum Gasteiger partial charge on any atom is -0.406 e. The maximum absolute atomic E-state index is 12.2. The molecule has 1 aromatic heterocycles. The predicted molar refractivity (Wildman–Crippen MR) is 93.0 cm³/mol. The van der Waals surface area contributed by atoms with Crippen molar-refractivity contribution >= 4 is 28.6 Å². The van der Waals surface area contributed by atoms with Crippen LogP contribution < -0.4 is 15.4 Å². The molecule has 1 saturated carbocycles. The summed E-state index contributed by atoms with van der Waals surface area (Å²) in [6.07, 6.45) is -2.70. The molecule has 0 saturated heterocycles. The molecule has 1 heterocycles. The van der Waals surface area contributed by atoms with Crippen LogP contribution in [0.3, 0.4) is 0 Å². The van der Waals surface area contributed by atoms with Gasteiger partial charge in [0.1, 0.15) is 5.75 Å². The molecule has 9 heteroatoms. The predicted octanol–water partition coefficient (Wildman–Crippen LogP) is 4.10. The van der Waals surface area contributed by atoms with Crippen molar-refractivity contribution in [3.63, 3.8) is 0 Å². The lowest BCUT2D eigenvalue weighted by atomic mass is 10.2. The first-order chi connectivity index (χ1) is 12.9. The zero-order chi connectivity index (χ0) is 19.0. The number of nitrogens with zero attached hydrogens (tertiary/aromatic N) is 1.